The lowest BCUT2D eigenvalue weighted by molar-refractivity contribution is 1.19. The Kier molecular flexibility index (Phi) is 5.92. The van der Waals surface area contributed by atoms with Crippen molar-refractivity contribution in [1.29, 1.82) is 0 Å². The first-order valence-electron chi connectivity index (χ1n) is 11.5. The van der Waals surface area contributed by atoms with Crippen molar-refractivity contribution in [1.82, 2.24) is 9.97 Å². The minimum absolute atomic E-state index is 0.962. The number of aromatic nitrogens is 2. The molecule has 5 rings (SSSR count). The topological polar surface area (TPSA) is 29.0 Å². The van der Waals surface area contributed by atoms with Crippen LogP contribution < -0.4 is 4.90 Å². The molecule has 0 aliphatic heterocycles. The van der Waals surface area contributed by atoms with Crippen LogP contribution in [0.5, 0.6) is 0 Å². The summed E-state index contributed by atoms with van der Waals surface area (Å²) in [5.74, 6) is 0. The lowest BCUT2D eigenvalue weighted by atomic mass is 10.00. The molecule has 3 nitrogen and oxygen atoms in total. The lowest BCUT2D eigenvalue weighted by Crippen LogP contribution is -2.13. The highest BCUT2D eigenvalue weighted by atomic mass is 15.1. The highest BCUT2D eigenvalue weighted by Crippen LogP contribution is 2.41. The quantitative estimate of drug-likeness (QED) is 0.275. The third-order valence-corrected chi connectivity index (χ3v) is 6.26. The van der Waals surface area contributed by atoms with E-state index in [1.165, 1.54) is 22.4 Å². The highest BCUT2D eigenvalue weighted by molar-refractivity contribution is 5.84. The van der Waals surface area contributed by atoms with Gasteiger partial charge in [-0.25, -0.2) is 0 Å². The molecule has 0 aliphatic rings. The van der Waals surface area contributed by atoms with Crippen molar-refractivity contribution >= 4 is 17.1 Å². The maximum absolute atomic E-state index is 4.57. The van der Waals surface area contributed by atoms with Crippen LogP contribution in [0.1, 0.15) is 16.7 Å². The zero-order valence-electron chi connectivity index (χ0n) is 19.7. The minimum Gasteiger partial charge on any atom is -0.310 e. The van der Waals surface area contributed by atoms with Gasteiger partial charge in [0.05, 0.1) is 17.1 Å². The van der Waals surface area contributed by atoms with Crippen LogP contribution in [0, 0.1) is 20.8 Å². The molecule has 0 unspecified atom stereocenters. The summed E-state index contributed by atoms with van der Waals surface area (Å²) < 4.78 is 0. The van der Waals surface area contributed by atoms with Crippen molar-refractivity contribution in [2.75, 3.05) is 4.90 Å². The summed E-state index contributed by atoms with van der Waals surface area (Å²) in [5, 5.41) is 0. The number of aryl methyl sites for hydroxylation is 2. The van der Waals surface area contributed by atoms with Crippen LogP contribution in [-0.4, -0.2) is 9.97 Å². The predicted octanol–water partition coefficient (Wildman–Crippen LogP) is 8.21. The van der Waals surface area contributed by atoms with Gasteiger partial charge in [-0.15, -0.1) is 0 Å². The summed E-state index contributed by atoms with van der Waals surface area (Å²) >= 11 is 0. The van der Waals surface area contributed by atoms with E-state index in [2.05, 4.69) is 96.3 Å². The molecular weight excluding hydrogens is 414 g/mol. The Bertz CT molecular complexity index is 1340. The summed E-state index contributed by atoms with van der Waals surface area (Å²) in [5.41, 5.74) is 11.3. The average molecular weight is 442 g/mol. The number of hydrogen-bond acceptors (Lipinski definition) is 3. The zero-order valence-corrected chi connectivity index (χ0v) is 19.7. The summed E-state index contributed by atoms with van der Waals surface area (Å²) in [4.78, 5) is 11.5. The zero-order chi connectivity index (χ0) is 23.5. The average Bonchev–Trinajstić information content (AvgIpc) is 2.90. The Balaban J connectivity index is 1.72. The van der Waals surface area contributed by atoms with Gasteiger partial charge in [0.25, 0.3) is 0 Å². The lowest BCUT2D eigenvalue weighted by Gasteiger charge is -2.30. The van der Waals surface area contributed by atoms with Crippen molar-refractivity contribution in [3.8, 4) is 22.5 Å². The molecular formula is C31H27N3. The van der Waals surface area contributed by atoms with Crippen molar-refractivity contribution in [2.45, 2.75) is 20.8 Å². The van der Waals surface area contributed by atoms with Crippen molar-refractivity contribution < 1.29 is 0 Å². The van der Waals surface area contributed by atoms with E-state index in [0.29, 0.717) is 0 Å². The number of pyridine rings is 2. The number of rotatable bonds is 5. The Morgan fingerprint density at radius 2 is 1.06 bits per heavy atom. The molecule has 5 aromatic rings. The van der Waals surface area contributed by atoms with Crippen LogP contribution in [0.3, 0.4) is 0 Å². The molecule has 0 atom stereocenters. The van der Waals surface area contributed by atoms with Crippen LogP contribution in [0.15, 0.2) is 109 Å². The van der Waals surface area contributed by atoms with E-state index in [1.807, 2.05) is 48.8 Å². The molecule has 0 N–H and O–H groups in total. The van der Waals surface area contributed by atoms with Gasteiger partial charge < -0.3 is 4.90 Å². The van der Waals surface area contributed by atoms with E-state index in [9.17, 15) is 0 Å². The van der Waals surface area contributed by atoms with E-state index in [1.54, 1.807) is 0 Å². The molecule has 34 heavy (non-hydrogen) atoms. The minimum atomic E-state index is 0.962. The van der Waals surface area contributed by atoms with Gasteiger partial charge in [-0.3, -0.25) is 9.97 Å². The van der Waals surface area contributed by atoms with Gasteiger partial charge in [0.1, 0.15) is 0 Å². The third kappa shape index (κ3) is 4.20. The maximum Gasteiger partial charge on any atom is 0.0702 e. The molecule has 2 heterocycles. The molecule has 0 saturated carbocycles. The molecule has 0 fully saturated rings. The number of hydrogen-bond donors (Lipinski definition) is 0. The first-order valence-corrected chi connectivity index (χ1v) is 11.5. The molecule has 0 spiro atoms. The second kappa shape index (κ2) is 9.32. The van der Waals surface area contributed by atoms with Gasteiger partial charge in [-0.1, -0.05) is 48.5 Å². The van der Waals surface area contributed by atoms with Crippen molar-refractivity contribution in [2.24, 2.45) is 0 Å². The van der Waals surface area contributed by atoms with E-state index in [0.717, 1.165) is 33.9 Å². The first kappa shape index (κ1) is 21.6. The maximum atomic E-state index is 4.57. The Morgan fingerprint density at radius 3 is 1.56 bits per heavy atom. The van der Waals surface area contributed by atoms with E-state index in [-0.39, 0.29) is 0 Å². The standard InChI is InChI=1S/C31H27N3/c1-22-16-17-23(2)31(24(22)3)34(27-12-8-10-25(20-27)29-14-4-6-18-32-29)28-13-9-11-26(21-28)30-15-5-7-19-33-30/h4-21H,1-3H3. The highest BCUT2D eigenvalue weighted by Gasteiger charge is 2.19. The molecule has 0 amide bonds. The molecule has 0 saturated heterocycles. The molecule has 2 aromatic heterocycles. The third-order valence-electron chi connectivity index (χ3n) is 6.26. The van der Waals surface area contributed by atoms with Gasteiger partial charge in [0, 0.05) is 34.9 Å². The van der Waals surface area contributed by atoms with E-state index >= 15 is 0 Å². The Morgan fingerprint density at radius 1 is 0.529 bits per heavy atom. The first-order chi connectivity index (χ1) is 16.6. The molecule has 3 heteroatoms. The Hall–Kier alpha value is -4.24. The number of anilines is 3. The molecule has 0 radical (unpaired) electrons. The van der Waals surface area contributed by atoms with Gasteiger partial charge in [0.2, 0.25) is 0 Å². The molecule has 3 aromatic carbocycles. The fourth-order valence-corrected chi connectivity index (χ4v) is 4.36. The molecule has 0 bridgehead atoms. The van der Waals surface area contributed by atoms with Crippen LogP contribution in [0.2, 0.25) is 0 Å². The normalized spacial score (nSPS) is 10.8. The molecule has 0 aliphatic carbocycles. The summed E-state index contributed by atoms with van der Waals surface area (Å²) in [6.45, 7) is 6.56. The van der Waals surface area contributed by atoms with E-state index < -0.39 is 0 Å². The largest absolute Gasteiger partial charge is 0.310 e. The van der Waals surface area contributed by atoms with Crippen molar-refractivity contribution in [3.05, 3.63) is 126 Å². The number of nitrogens with zero attached hydrogens (tertiary/aromatic N) is 3. The Labute approximate surface area is 201 Å². The predicted molar refractivity (Wildman–Crippen MR) is 142 cm³/mol. The molecule has 166 valence electrons. The van der Waals surface area contributed by atoms with Gasteiger partial charge in [-0.2, -0.15) is 0 Å². The fraction of sp³-hybridized carbons (Fsp3) is 0.0968. The fourth-order valence-electron chi connectivity index (χ4n) is 4.36. The SMILES string of the molecule is Cc1ccc(C)c(N(c2cccc(-c3ccccn3)c2)c2cccc(-c3ccccn3)c2)c1C. The monoisotopic (exact) mass is 441 g/mol. The second-order valence-corrected chi connectivity index (χ2v) is 8.54. The summed E-state index contributed by atoms with van der Waals surface area (Å²) in [6, 6.07) is 33.7. The summed E-state index contributed by atoms with van der Waals surface area (Å²) in [7, 11) is 0. The van der Waals surface area contributed by atoms with Crippen molar-refractivity contribution in [3.63, 3.8) is 0 Å². The van der Waals surface area contributed by atoms with Gasteiger partial charge in [0.15, 0.2) is 0 Å². The number of benzene rings is 3. The smallest absolute Gasteiger partial charge is 0.0702 e. The van der Waals surface area contributed by atoms with Crippen LogP contribution in [-0.2, 0) is 0 Å². The van der Waals surface area contributed by atoms with Crippen LogP contribution in [0.4, 0.5) is 17.1 Å². The van der Waals surface area contributed by atoms with E-state index in [4.69, 9.17) is 0 Å². The van der Waals surface area contributed by atoms with Crippen LogP contribution >= 0.6 is 0 Å². The van der Waals surface area contributed by atoms with Gasteiger partial charge in [-0.05, 0) is 86.0 Å². The summed E-state index contributed by atoms with van der Waals surface area (Å²) in [6.07, 6.45) is 3.68. The van der Waals surface area contributed by atoms with Crippen LogP contribution in [0.25, 0.3) is 22.5 Å². The second-order valence-electron chi connectivity index (χ2n) is 8.54. The van der Waals surface area contributed by atoms with Gasteiger partial charge >= 0.3 is 0 Å².